The molecular formula is C18H19ClN2O3. The van der Waals surface area contributed by atoms with Gasteiger partial charge >= 0.3 is 0 Å². The summed E-state index contributed by atoms with van der Waals surface area (Å²) < 4.78 is 10.5. The van der Waals surface area contributed by atoms with E-state index < -0.39 is 0 Å². The van der Waals surface area contributed by atoms with Crippen LogP contribution in [0.15, 0.2) is 47.6 Å². The second-order valence-corrected chi connectivity index (χ2v) is 5.37. The Labute approximate surface area is 146 Å². The summed E-state index contributed by atoms with van der Waals surface area (Å²) in [6.45, 7) is 1.96. The number of halogens is 1. The lowest BCUT2D eigenvalue weighted by atomic mass is 10.1. The molecule has 5 nitrogen and oxygen atoms in total. The number of carbonyl (C=O) groups excluding carboxylic acids is 1. The zero-order chi connectivity index (χ0) is 17.5. The van der Waals surface area contributed by atoms with Crippen molar-refractivity contribution >= 4 is 23.2 Å². The highest BCUT2D eigenvalue weighted by Gasteiger charge is 2.10. The number of amides is 1. The minimum absolute atomic E-state index is 0.316. The first-order valence-corrected chi connectivity index (χ1v) is 7.81. The molecular weight excluding hydrogens is 328 g/mol. The Bertz CT molecular complexity index is 760. The van der Waals surface area contributed by atoms with Gasteiger partial charge in [-0.3, -0.25) is 4.79 Å². The van der Waals surface area contributed by atoms with Crippen LogP contribution < -0.4 is 14.9 Å². The van der Waals surface area contributed by atoms with Gasteiger partial charge in [0.15, 0.2) is 11.5 Å². The first-order valence-electron chi connectivity index (χ1n) is 7.44. The first-order chi connectivity index (χ1) is 11.6. The number of hydrogen-bond donors (Lipinski definition) is 1. The number of ether oxygens (including phenoxy) is 2. The summed E-state index contributed by atoms with van der Waals surface area (Å²) in [5, 5.41) is 4.73. The monoisotopic (exact) mass is 346 g/mol. The number of methoxy groups -OCH3 is 2. The predicted molar refractivity (Wildman–Crippen MR) is 95.3 cm³/mol. The lowest BCUT2D eigenvalue weighted by Gasteiger charge is -2.10. The van der Waals surface area contributed by atoms with Crippen LogP contribution in [0.5, 0.6) is 11.5 Å². The molecule has 0 unspecified atom stereocenters. The maximum atomic E-state index is 12.2. The number of hydrazone groups is 1. The molecule has 0 saturated heterocycles. The van der Waals surface area contributed by atoms with E-state index in [0.717, 1.165) is 11.3 Å². The molecule has 0 saturated carbocycles. The highest BCUT2D eigenvalue weighted by atomic mass is 35.5. The highest BCUT2D eigenvalue weighted by molar-refractivity contribution is 6.30. The van der Waals surface area contributed by atoms with E-state index in [1.165, 1.54) is 0 Å². The summed E-state index contributed by atoms with van der Waals surface area (Å²) in [7, 11) is 3.16. The number of carbonyl (C=O) groups is 1. The maximum absolute atomic E-state index is 12.2. The molecule has 2 rings (SSSR count). The Morgan fingerprint density at radius 2 is 1.83 bits per heavy atom. The van der Waals surface area contributed by atoms with Crippen molar-refractivity contribution < 1.29 is 14.3 Å². The molecule has 126 valence electrons. The van der Waals surface area contributed by atoms with Crippen molar-refractivity contribution in [2.75, 3.05) is 14.2 Å². The largest absolute Gasteiger partial charge is 0.493 e. The van der Waals surface area contributed by atoms with Crippen LogP contribution in [0.4, 0.5) is 0 Å². The topological polar surface area (TPSA) is 59.9 Å². The lowest BCUT2D eigenvalue weighted by Crippen LogP contribution is -2.20. The van der Waals surface area contributed by atoms with Crippen molar-refractivity contribution in [3.05, 3.63) is 58.6 Å². The summed E-state index contributed by atoms with van der Waals surface area (Å²) in [6, 6.07) is 12.2. The van der Waals surface area contributed by atoms with Gasteiger partial charge in [-0.15, -0.1) is 0 Å². The van der Waals surface area contributed by atoms with Gasteiger partial charge in [0.2, 0.25) is 0 Å². The third kappa shape index (κ3) is 4.26. The zero-order valence-corrected chi connectivity index (χ0v) is 14.6. The first kappa shape index (κ1) is 17.8. The highest BCUT2D eigenvalue weighted by Crippen LogP contribution is 2.28. The van der Waals surface area contributed by atoms with E-state index in [-0.39, 0.29) is 5.91 Å². The number of benzene rings is 2. The SMILES string of the molecule is CC/C(=N/NC(=O)c1cccc(Cl)c1)c1ccc(OC)c(OC)c1. The fourth-order valence-corrected chi connectivity index (χ4v) is 2.37. The van der Waals surface area contributed by atoms with Crippen molar-refractivity contribution in [2.24, 2.45) is 5.10 Å². The summed E-state index contributed by atoms with van der Waals surface area (Å²) in [6.07, 6.45) is 0.644. The Morgan fingerprint density at radius 3 is 2.46 bits per heavy atom. The number of rotatable bonds is 6. The molecule has 0 fully saturated rings. The van der Waals surface area contributed by atoms with Crippen LogP contribution in [0.25, 0.3) is 0 Å². The molecule has 0 aliphatic carbocycles. The third-order valence-electron chi connectivity index (χ3n) is 3.43. The van der Waals surface area contributed by atoms with Crippen LogP contribution in [0, 0.1) is 0 Å². The number of hydrogen-bond acceptors (Lipinski definition) is 4. The molecule has 0 aliphatic heterocycles. The molecule has 2 aromatic carbocycles. The minimum atomic E-state index is -0.316. The van der Waals surface area contributed by atoms with Crippen LogP contribution in [-0.4, -0.2) is 25.8 Å². The summed E-state index contributed by atoms with van der Waals surface area (Å²) in [4.78, 5) is 12.2. The van der Waals surface area contributed by atoms with Crippen molar-refractivity contribution in [1.29, 1.82) is 0 Å². The molecule has 1 amide bonds. The van der Waals surface area contributed by atoms with E-state index in [0.29, 0.717) is 28.5 Å². The normalized spacial score (nSPS) is 11.1. The van der Waals surface area contributed by atoms with Crippen LogP contribution in [0.3, 0.4) is 0 Å². The molecule has 2 aromatic rings. The molecule has 0 atom stereocenters. The Hall–Kier alpha value is -2.53. The van der Waals surface area contributed by atoms with Gasteiger partial charge < -0.3 is 9.47 Å². The van der Waals surface area contributed by atoms with Gasteiger partial charge in [-0.05, 0) is 42.8 Å². The Balaban J connectivity index is 2.21. The number of nitrogens with zero attached hydrogens (tertiary/aromatic N) is 1. The molecule has 24 heavy (non-hydrogen) atoms. The van der Waals surface area contributed by atoms with Crippen LogP contribution in [0.1, 0.15) is 29.3 Å². The van der Waals surface area contributed by atoms with Gasteiger partial charge in [0, 0.05) is 16.1 Å². The minimum Gasteiger partial charge on any atom is -0.493 e. The van der Waals surface area contributed by atoms with Gasteiger partial charge in [0.25, 0.3) is 5.91 Å². The van der Waals surface area contributed by atoms with E-state index >= 15 is 0 Å². The van der Waals surface area contributed by atoms with Gasteiger partial charge in [-0.2, -0.15) is 5.10 Å². The van der Waals surface area contributed by atoms with Crippen molar-refractivity contribution in [2.45, 2.75) is 13.3 Å². The fraction of sp³-hybridized carbons (Fsp3) is 0.222. The van der Waals surface area contributed by atoms with Crippen molar-refractivity contribution in [3.63, 3.8) is 0 Å². The van der Waals surface area contributed by atoms with E-state index in [2.05, 4.69) is 10.5 Å². The predicted octanol–water partition coefficient (Wildman–Crippen LogP) is 3.90. The summed E-state index contributed by atoms with van der Waals surface area (Å²) in [5.74, 6) is 0.931. The van der Waals surface area contributed by atoms with Gasteiger partial charge in [-0.25, -0.2) is 5.43 Å². The number of nitrogens with one attached hydrogen (secondary N) is 1. The fourth-order valence-electron chi connectivity index (χ4n) is 2.18. The molecule has 0 aromatic heterocycles. The molecule has 0 radical (unpaired) electrons. The summed E-state index contributed by atoms with van der Waals surface area (Å²) in [5.41, 5.74) is 4.59. The zero-order valence-electron chi connectivity index (χ0n) is 13.8. The quantitative estimate of drug-likeness (QED) is 0.637. The third-order valence-corrected chi connectivity index (χ3v) is 3.67. The maximum Gasteiger partial charge on any atom is 0.271 e. The molecule has 0 spiro atoms. The molecule has 0 aliphatic rings. The van der Waals surface area contributed by atoms with E-state index in [1.807, 2.05) is 19.1 Å². The van der Waals surface area contributed by atoms with Gasteiger partial charge in [-0.1, -0.05) is 24.6 Å². The van der Waals surface area contributed by atoms with Gasteiger partial charge in [0.05, 0.1) is 19.9 Å². The molecule has 1 N–H and O–H groups in total. The molecule has 0 bridgehead atoms. The average molecular weight is 347 g/mol. The van der Waals surface area contributed by atoms with E-state index in [1.54, 1.807) is 44.6 Å². The lowest BCUT2D eigenvalue weighted by molar-refractivity contribution is 0.0955. The second kappa shape index (κ2) is 8.36. The van der Waals surface area contributed by atoms with Crippen LogP contribution in [-0.2, 0) is 0 Å². The van der Waals surface area contributed by atoms with Crippen molar-refractivity contribution in [3.8, 4) is 11.5 Å². The molecule has 0 heterocycles. The van der Waals surface area contributed by atoms with E-state index in [4.69, 9.17) is 21.1 Å². The Morgan fingerprint density at radius 1 is 1.08 bits per heavy atom. The van der Waals surface area contributed by atoms with Crippen molar-refractivity contribution in [1.82, 2.24) is 5.43 Å². The van der Waals surface area contributed by atoms with Crippen LogP contribution >= 0.6 is 11.6 Å². The standard InChI is InChI=1S/C18H19ClN2O3/c1-4-15(12-8-9-16(23-2)17(11-12)24-3)20-21-18(22)13-6-5-7-14(19)10-13/h5-11H,4H2,1-3H3,(H,21,22)/b20-15-. The summed E-state index contributed by atoms with van der Waals surface area (Å²) >= 11 is 5.90. The van der Waals surface area contributed by atoms with Crippen LogP contribution in [0.2, 0.25) is 5.02 Å². The van der Waals surface area contributed by atoms with Gasteiger partial charge in [0.1, 0.15) is 0 Å². The average Bonchev–Trinajstić information content (AvgIpc) is 2.61. The van der Waals surface area contributed by atoms with E-state index in [9.17, 15) is 4.79 Å². The second-order valence-electron chi connectivity index (χ2n) is 4.93. The Kier molecular flexibility index (Phi) is 6.21. The molecule has 6 heteroatoms. The smallest absolute Gasteiger partial charge is 0.271 e.